The first-order chi connectivity index (χ1) is 11.0. The summed E-state index contributed by atoms with van der Waals surface area (Å²) in [6, 6.07) is 12.9. The number of non-ortho nitro benzene ring substituents is 1. The number of carbonyl (C=O) groups excluding carboxylic acids is 1. The van der Waals surface area contributed by atoms with E-state index in [2.05, 4.69) is 10.3 Å². The van der Waals surface area contributed by atoms with E-state index < -0.39 is 10.8 Å². The lowest BCUT2D eigenvalue weighted by Gasteiger charge is -2.09. The average molecular weight is 308 g/mol. The number of nitrogens with zero attached hydrogens (tertiary/aromatic N) is 2. The quantitative estimate of drug-likeness (QED) is 0.568. The first-order valence-corrected chi connectivity index (χ1v) is 6.74. The molecule has 1 aromatic heterocycles. The Morgan fingerprint density at radius 1 is 1.13 bits per heavy atom. The summed E-state index contributed by atoms with van der Waals surface area (Å²) in [4.78, 5) is 25.8. The molecule has 0 fully saturated rings. The Morgan fingerprint density at radius 3 is 2.52 bits per heavy atom. The van der Waals surface area contributed by atoms with Gasteiger partial charge in [0, 0.05) is 40.7 Å². The summed E-state index contributed by atoms with van der Waals surface area (Å²) < 4.78 is 0. The summed E-state index contributed by atoms with van der Waals surface area (Å²) in [6.45, 7) is 0. The van der Waals surface area contributed by atoms with E-state index in [0.29, 0.717) is 22.2 Å². The van der Waals surface area contributed by atoms with Gasteiger partial charge in [-0.3, -0.25) is 19.9 Å². The fraction of sp³-hybridized carbons (Fsp3) is 0. The number of fused-ring (bicyclic) bond motifs is 1. The number of nitro benzene ring substituents is 1. The molecule has 0 aliphatic carbocycles. The minimum absolute atomic E-state index is 0.00220. The minimum atomic E-state index is -0.499. The second kappa shape index (κ2) is 5.72. The van der Waals surface area contributed by atoms with Crippen LogP contribution in [0.1, 0.15) is 10.4 Å². The lowest BCUT2D eigenvalue weighted by molar-refractivity contribution is -0.384. The Balaban J connectivity index is 2.00. The topological polar surface area (TPSA) is 111 Å². The number of nitrogens with two attached hydrogens (primary N) is 1. The molecule has 0 radical (unpaired) electrons. The van der Waals surface area contributed by atoms with E-state index in [9.17, 15) is 14.9 Å². The van der Waals surface area contributed by atoms with Crippen molar-refractivity contribution in [2.45, 2.75) is 0 Å². The molecule has 0 unspecified atom stereocenters. The number of carbonyl (C=O) groups is 1. The molecule has 114 valence electrons. The third kappa shape index (κ3) is 2.93. The molecular weight excluding hydrogens is 296 g/mol. The summed E-state index contributed by atoms with van der Waals surface area (Å²) in [5, 5.41) is 14.7. The van der Waals surface area contributed by atoms with Crippen LogP contribution in [0.4, 0.5) is 17.1 Å². The van der Waals surface area contributed by atoms with Gasteiger partial charge in [0.05, 0.1) is 10.4 Å². The molecule has 0 bridgehead atoms. The van der Waals surface area contributed by atoms with E-state index in [1.807, 2.05) is 0 Å². The normalized spacial score (nSPS) is 10.4. The lowest BCUT2D eigenvalue weighted by atomic mass is 10.1. The Labute approximate surface area is 130 Å². The van der Waals surface area contributed by atoms with Crippen LogP contribution in [0.15, 0.2) is 54.7 Å². The molecular formula is C16H12N4O3. The standard InChI is InChI=1S/C16H12N4O3/c17-16(21)10-1-3-11(4-2-10)19-15-7-8-18-14-6-5-12(20(22)23)9-13(14)15/h1-9H,(H2,17,21)(H,18,19). The maximum absolute atomic E-state index is 11.1. The van der Waals surface area contributed by atoms with Crippen LogP contribution in [0.25, 0.3) is 10.9 Å². The first kappa shape index (κ1) is 14.5. The second-order valence-corrected chi connectivity index (χ2v) is 4.88. The zero-order chi connectivity index (χ0) is 16.4. The highest BCUT2D eigenvalue weighted by Crippen LogP contribution is 2.28. The number of hydrogen-bond acceptors (Lipinski definition) is 5. The van der Waals surface area contributed by atoms with Crippen molar-refractivity contribution in [2.24, 2.45) is 5.73 Å². The maximum Gasteiger partial charge on any atom is 0.270 e. The Hall–Kier alpha value is -3.48. The lowest BCUT2D eigenvalue weighted by Crippen LogP contribution is -2.10. The zero-order valence-corrected chi connectivity index (χ0v) is 11.9. The molecule has 0 aliphatic heterocycles. The van der Waals surface area contributed by atoms with Gasteiger partial charge in [0.2, 0.25) is 5.91 Å². The van der Waals surface area contributed by atoms with Crippen LogP contribution in [0, 0.1) is 10.1 Å². The number of hydrogen-bond donors (Lipinski definition) is 2. The van der Waals surface area contributed by atoms with E-state index in [1.54, 1.807) is 42.6 Å². The predicted octanol–water partition coefficient (Wildman–Crippen LogP) is 2.99. The highest BCUT2D eigenvalue weighted by Gasteiger charge is 2.10. The third-order valence-electron chi connectivity index (χ3n) is 3.38. The van der Waals surface area contributed by atoms with Gasteiger partial charge >= 0.3 is 0 Å². The van der Waals surface area contributed by atoms with Crippen molar-refractivity contribution in [1.29, 1.82) is 0 Å². The van der Waals surface area contributed by atoms with Gasteiger partial charge in [-0.25, -0.2) is 0 Å². The molecule has 7 heteroatoms. The van der Waals surface area contributed by atoms with Crippen LogP contribution in [0.2, 0.25) is 0 Å². The van der Waals surface area contributed by atoms with Crippen LogP contribution < -0.4 is 11.1 Å². The summed E-state index contributed by atoms with van der Waals surface area (Å²) in [6.07, 6.45) is 1.62. The summed E-state index contributed by atoms with van der Waals surface area (Å²) in [5.41, 5.74) is 7.67. The molecule has 3 rings (SSSR count). The summed E-state index contributed by atoms with van der Waals surface area (Å²) >= 11 is 0. The number of aromatic nitrogens is 1. The Kier molecular flexibility index (Phi) is 3.60. The largest absolute Gasteiger partial charge is 0.366 e. The molecule has 23 heavy (non-hydrogen) atoms. The highest BCUT2D eigenvalue weighted by molar-refractivity contribution is 5.95. The summed E-state index contributed by atoms with van der Waals surface area (Å²) in [5.74, 6) is -0.499. The van der Waals surface area contributed by atoms with Gasteiger partial charge in [-0.2, -0.15) is 0 Å². The SMILES string of the molecule is NC(=O)c1ccc(Nc2ccnc3ccc([N+](=O)[O-])cc23)cc1. The van der Waals surface area contributed by atoms with E-state index in [4.69, 9.17) is 5.73 Å². The van der Waals surface area contributed by atoms with E-state index in [-0.39, 0.29) is 5.69 Å². The fourth-order valence-electron chi connectivity index (χ4n) is 2.23. The number of primary amides is 1. The van der Waals surface area contributed by atoms with Crippen LogP contribution >= 0.6 is 0 Å². The monoisotopic (exact) mass is 308 g/mol. The molecule has 7 nitrogen and oxygen atoms in total. The van der Waals surface area contributed by atoms with Crippen molar-refractivity contribution < 1.29 is 9.72 Å². The number of benzene rings is 2. The molecule has 3 N–H and O–H groups in total. The van der Waals surface area contributed by atoms with Crippen LogP contribution in [0.5, 0.6) is 0 Å². The molecule has 0 saturated carbocycles. The van der Waals surface area contributed by atoms with E-state index in [1.165, 1.54) is 12.1 Å². The Bertz CT molecular complexity index is 907. The van der Waals surface area contributed by atoms with Crippen LogP contribution in [-0.4, -0.2) is 15.8 Å². The van der Waals surface area contributed by atoms with E-state index in [0.717, 1.165) is 5.69 Å². The number of anilines is 2. The number of nitro groups is 1. The van der Waals surface area contributed by atoms with Gasteiger partial charge in [0.15, 0.2) is 0 Å². The van der Waals surface area contributed by atoms with Gasteiger partial charge in [0.1, 0.15) is 0 Å². The average Bonchev–Trinajstić information content (AvgIpc) is 2.55. The number of rotatable bonds is 4. The Morgan fingerprint density at radius 2 is 1.87 bits per heavy atom. The van der Waals surface area contributed by atoms with E-state index >= 15 is 0 Å². The molecule has 0 saturated heterocycles. The fourth-order valence-corrected chi connectivity index (χ4v) is 2.23. The van der Waals surface area contributed by atoms with Crippen molar-refractivity contribution in [3.05, 3.63) is 70.4 Å². The van der Waals surface area contributed by atoms with Gasteiger partial charge in [0.25, 0.3) is 5.69 Å². The molecule has 0 atom stereocenters. The maximum atomic E-state index is 11.1. The molecule has 2 aromatic carbocycles. The zero-order valence-electron chi connectivity index (χ0n) is 11.9. The minimum Gasteiger partial charge on any atom is -0.366 e. The van der Waals surface area contributed by atoms with Crippen molar-refractivity contribution in [2.75, 3.05) is 5.32 Å². The van der Waals surface area contributed by atoms with Crippen molar-refractivity contribution in [3.63, 3.8) is 0 Å². The predicted molar refractivity (Wildman–Crippen MR) is 86.6 cm³/mol. The smallest absolute Gasteiger partial charge is 0.270 e. The second-order valence-electron chi connectivity index (χ2n) is 4.88. The number of nitrogens with one attached hydrogen (secondary N) is 1. The molecule has 0 spiro atoms. The van der Waals surface area contributed by atoms with Crippen molar-refractivity contribution >= 4 is 33.9 Å². The van der Waals surface area contributed by atoms with Crippen molar-refractivity contribution in [3.8, 4) is 0 Å². The highest BCUT2D eigenvalue weighted by atomic mass is 16.6. The van der Waals surface area contributed by atoms with Gasteiger partial charge in [-0.1, -0.05) is 0 Å². The van der Waals surface area contributed by atoms with Gasteiger partial charge < -0.3 is 11.1 Å². The number of pyridine rings is 1. The van der Waals surface area contributed by atoms with Crippen molar-refractivity contribution in [1.82, 2.24) is 4.98 Å². The van der Waals surface area contributed by atoms with Gasteiger partial charge in [-0.15, -0.1) is 0 Å². The summed E-state index contributed by atoms with van der Waals surface area (Å²) in [7, 11) is 0. The molecule has 0 aliphatic rings. The third-order valence-corrected chi connectivity index (χ3v) is 3.38. The van der Waals surface area contributed by atoms with Crippen LogP contribution in [0.3, 0.4) is 0 Å². The molecule has 1 heterocycles. The molecule has 1 amide bonds. The number of amides is 1. The van der Waals surface area contributed by atoms with Gasteiger partial charge in [-0.05, 0) is 36.4 Å². The van der Waals surface area contributed by atoms with Crippen LogP contribution in [-0.2, 0) is 0 Å². The first-order valence-electron chi connectivity index (χ1n) is 6.74. The molecule has 3 aromatic rings.